The van der Waals surface area contributed by atoms with Crippen molar-refractivity contribution in [3.05, 3.63) is 155 Å². The number of nitrogens with zero attached hydrogens (tertiary/aromatic N) is 12. The summed E-state index contributed by atoms with van der Waals surface area (Å²) in [6.07, 6.45) is 19.4. The van der Waals surface area contributed by atoms with Gasteiger partial charge in [-0.2, -0.15) is 13.2 Å². The van der Waals surface area contributed by atoms with Gasteiger partial charge in [0.25, 0.3) is 0 Å². The van der Waals surface area contributed by atoms with Crippen LogP contribution in [0.5, 0.6) is 0 Å². The molecular formula is C108H140F4N18O6. The third-order valence-corrected chi connectivity index (χ3v) is 30.1. The molecule has 21 rings (SSSR count). The Morgan fingerprint density at radius 3 is 0.956 bits per heavy atom. The highest BCUT2D eigenvalue weighted by atomic mass is 19.4. The molecule has 0 bridgehead atoms. The van der Waals surface area contributed by atoms with Crippen LogP contribution in [0.2, 0.25) is 0 Å². The van der Waals surface area contributed by atoms with Crippen molar-refractivity contribution in [3.63, 3.8) is 0 Å². The predicted octanol–water partition coefficient (Wildman–Crippen LogP) is 25.6. The summed E-state index contributed by atoms with van der Waals surface area (Å²) < 4.78 is 66.0. The molecule has 6 aromatic carbocycles. The average molecular weight is 1860 g/mol. The summed E-state index contributed by atoms with van der Waals surface area (Å²) in [5.74, 6) is 3.71. The number of carbonyl (C=O) groups excluding carboxylic acids is 5. The van der Waals surface area contributed by atoms with E-state index in [1.807, 2.05) is 66.9 Å². The predicted molar refractivity (Wildman–Crippen MR) is 535 cm³/mol. The van der Waals surface area contributed by atoms with Gasteiger partial charge in [0.2, 0.25) is 65.2 Å². The highest BCUT2D eigenvalue weighted by Crippen LogP contribution is 2.56. The standard InChI is InChI=1S/C19H25N3O2.C19H25N3.C18H22FN3O.C18H25N3O.C17H20F3N3O.C17H23N3O/c1-11-7-8-15-16(9-11)22(12-5-4-6-12)18(20-15)21-17(23)13-10-14(13)19(2,3)24;1-12-8-9-16-17(10-12)22(14-6-5-7-14)18(21-16)20-13(2)15-11-19(15,3)4;1-11-6-7-14-15(8-11)22(13-4-3-5-13)17(20-14)21-16(23)12-9-18(2,19)10-12;1-11(2)13(4)17(22)20-18-19-15-9-8-12(3)10-16(15)21(18)14-6-5-7-14;1-10-7-8-12-13(9-10)23(11-5-4-6-11)15(21-12)22-14(24)16(2,3)17(18,19)20;1-11(2)9-16(21)19-17-18-14-8-7-12(3)10-15(14)20(17)13-5-4-6-13/h7-9,12-14,24H,4-6,10H2,1-3H3,(H,20,21,23);8-10,14-15H,2,5-7,11H2,1,3-4H3,(H,20,21);6-8,12-13H,3-5,9-10H2,1-2H3,(H,20,21,23);8-11,13-14H,5-7H2,1-4H3,(H,19,20,22);7-9,11H,4-6H2,1-3H3,(H,21,22,24);7-8,10-11,13H,4-6,9H2,1-3H3,(H,18,19,21)/t13-,14-;15-;;13-;;/m01.1../s1. The molecule has 0 radical (unpaired) electrons. The molecule has 0 spiro atoms. The van der Waals surface area contributed by atoms with Gasteiger partial charge in [0.15, 0.2) is 0 Å². The van der Waals surface area contributed by atoms with Crippen LogP contribution in [0.4, 0.5) is 53.3 Å². The van der Waals surface area contributed by atoms with E-state index < -0.39 is 28.8 Å². The minimum absolute atomic E-state index is 0.0172. The van der Waals surface area contributed by atoms with Crippen LogP contribution in [0.1, 0.15) is 300 Å². The summed E-state index contributed by atoms with van der Waals surface area (Å²) in [6, 6.07) is 39.7. The molecule has 0 saturated heterocycles. The molecule has 28 heteroatoms. The Labute approximate surface area is 796 Å². The van der Waals surface area contributed by atoms with Gasteiger partial charge in [-0.05, 0) is 347 Å². The van der Waals surface area contributed by atoms with Crippen molar-refractivity contribution in [1.82, 2.24) is 57.3 Å². The highest BCUT2D eigenvalue weighted by Gasteiger charge is 2.54. The lowest BCUT2D eigenvalue weighted by atomic mass is 9.73. The molecule has 9 fully saturated rings. The van der Waals surface area contributed by atoms with Gasteiger partial charge >= 0.3 is 6.18 Å². The van der Waals surface area contributed by atoms with Gasteiger partial charge in [-0.1, -0.05) is 91.4 Å². The van der Waals surface area contributed by atoms with Crippen molar-refractivity contribution < 1.29 is 46.6 Å². The van der Waals surface area contributed by atoms with E-state index >= 15 is 0 Å². The van der Waals surface area contributed by atoms with E-state index in [1.165, 1.54) is 110 Å². The number of allylic oxidation sites excluding steroid dienone is 1. The number of aliphatic hydroxyl groups is 1. The number of nitrogens with one attached hydrogen (secondary N) is 6. The number of hydrogen-bond acceptors (Lipinski definition) is 13. The molecule has 4 atom stereocenters. The molecule has 0 unspecified atom stereocenters. The minimum atomic E-state index is -4.62. The Hall–Kier alpha value is -11.3. The fourth-order valence-corrected chi connectivity index (χ4v) is 19.4. The van der Waals surface area contributed by atoms with Crippen LogP contribution >= 0.6 is 0 Å². The number of alkyl halides is 4. The lowest BCUT2D eigenvalue weighted by Gasteiger charge is -2.37. The summed E-state index contributed by atoms with van der Waals surface area (Å²) in [6.45, 7) is 38.4. The SMILES string of the molecule is C=C(Nc1nc2ccc(C)cc2n1C1CCC1)[C@H]1CC1(C)C.Cc1ccc2nc(NC(=O)C(C)(C)C(F)(F)F)n(C3CCC3)c2c1.Cc1ccc2nc(NC(=O)C3CC(C)(F)C3)n(C3CCC3)c2c1.Cc1ccc2nc(NC(=O)CC(C)C)n(C3CCC3)c2c1.Cc1ccc2nc(NC(=O)[C@H](C)C(C)C)n(C3CCC3)c2c1.Cc1ccc2nc(NC(=O)[C@H]3C[C@@H]3C(C)(C)O)n(C3CCC3)c2c1. The number of anilines is 6. The topological polar surface area (TPSA) is 285 Å². The van der Waals surface area contributed by atoms with E-state index in [0.717, 1.165) is 138 Å². The Morgan fingerprint density at radius 2 is 0.706 bits per heavy atom. The van der Waals surface area contributed by atoms with Crippen molar-refractivity contribution >= 4 is 131 Å². The molecule has 5 amide bonds. The summed E-state index contributed by atoms with van der Waals surface area (Å²) >= 11 is 0. The van der Waals surface area contributed by atoms with Gasteiger partial charge in [-0.15, -0.1) is 0 Å². The normalized spacial score (nSPS) is 20.6. The fourth-order valence-electron chi connectivity index (χ4n) is 19.4. The van der Waals surface area contributed by atoms with E-state index in [1.54, 1.807) is 20.8 Å². The second-order valence-corrected chi connectivity index (χ2v) is 43.5. The summed E-state index contributed by atoms with van der Waals surface area (Å²) in [4.78, 5) is 89.5. The number of aromatic nitrogens is 12. The van der Waals surface area contributed by atoms with Gasteiger partial charge in [-0.3, -0.25) is 50.6 Å². The van der Waals surface area contributed by atoms with E-state index in [-0.39, 0.29) is 59.3 Å². The first-order valence-corrected chi connectivity index (χ1v) is 49.7. The number of fused-ring (bicyclic) bond motifs is 6. The largest absolute Gasteiger partial charge is 0.402 e. The zero-order valence-electron chi connectivity index (χ0n) is 82.7. The van der Waals surface area contributed by atoms with Crippen LogP contribution in [0.3, 0.4) is 0 Å². The van der Waals surface area contributed by atoms with E-state index in [9.17, 15) is 46.6 Å². The average Bonchev–Trinajstić information content (AvgIpc) is 1.61. The van der Waals surface area contributed by atoms with E-state index in [4.69, 9.17) is 4.98 Å². The van der Waals surface area contributed by atoms with Crippen LogP contribution in [-0.2, 0) is 24.0 Å². The molecule has 9 saturated carbocycles. The first kappa shape index (κ1) is 97.8. The molecule has 7 N–H and O–H groups in total. The minimum Gasteiger partial charge on any atom is -0.390 e. The molecular weight excluding hydrogens is 1720 g/mol. The summed E-state index contributed by atoms with van der Waals surface area (Å²) in [7, 11) is 0. The first-order chi connectivity index (χ1) is 64.3. The maximum absolute atomic E-state index is 13.6. The van der Waals surface area contributed by atoms with E-state index in [0.29, 0.717) is 102 Å². The van der Waals surface area contributed by atoms with Crippen molar-refractivity contribution in [2.75, 3.05) is 31.9 Å². The van der Waals surface area contributed by atoms with Gasteiger partial charge in [-0.25, -0.2) is 34.3 Å². The molecule has 0 aliphatic heterocycles. The van der Waals surface area contributed by atoms with Crippen LogP contribution in [0.25, 0.3) is 66.2 Å². The number of imidazole rings is 6. The maximum Gasteiger partial charge on any atom is 0.402 e. The molecule has 9 aliphatic carbocycles. The van der Waals surface area contributed by atoms with Gasteiger partial charge in [0, 0.05) is 72.0 Å². The molecule has 6 heterocycles. The number of carbonyl (C=O) groups is 5. The second kappa shape index (κ2) is 38.9. The maximum atomic E-state index is 13.6. The molecule has 726 valence electrons. The monoisotopic (exact) mass is 1860 g/mol. The van der Waals surface area contributed by atoms with Crippen LogP contribution in [0, 0.1) is 93.8 Å². The van der Waals surface area contributed by atoms with Crippen LogP contribution < -0.4 is 31.9 Å². The Kier molecular flexibility index (Phi) is 28.0. The van der Waals surface area contributed by atoms with Crippen molar-refractivity contribution in [2.24, 2.45) is 52.3 Å². The van der Waals surface area contributed by atoms with Crippen LogP contribution in [0.15, 0.2) is 121 Å². The fraction of sp³-hybridized carbons (Fsp3) is 0.546. The Bertz CT molecular complexity index is 6360. The van der Waals surface area contributed by atoms with Gasteiger partial charge in [0.05, 0.1) is 71.8 Å². The number of aryl methyl sites for hydroxylation is 6. The Morgan fingerprint density at radius 1 is 0.426 bits per heavy atom. The third-order valence-electron chi connectivity index (χ3n) is 30.1. The number of rotatable bonds is 22. The molecule has 12 aromatic rings. The Balaban J connectivity index is 0.000000118. The highest BCUT2D eigenvalue weighted by molar-refractivity contribution is 5.98. The van der Waals surface area contributed by atoms with Gasteiger partial charge < -0.3 is 37.8 Å². The van der Waals surface area contributed by atoms with Crippen LogP contribution in [-0.4, -0.2) is 109 Å². The number of benzene rings is 6. The lowest BCUT2D eigenvalue weighted by Crippen LogP contribution is -2.43. The van der Waals surface area contributed by atoms with Gasteiger partial charge in [0.1, 0.15) is 11.1 Å². The zero-order chi connectivity index (χ0) is 97.3. The van der Waals surface area contributed by atoms with Crippen molar-refractivity contribution in [3.8, 4) is 0 Å². The molecule has 24 nitrogen and oxygen atoms in total. The first-order valence-electron chi connectivity index (χ1n) is 49.7. The molecule has 6 aromatic heterocycles. The lowest BCUT2D eigenvalue weighted by molar-refractivity contribution is -0.208. The molecule has 9 aliphatic rings. The smallest absolute Gasteiger partial charge is 0.390 e. The summed E-state index contributed by atoms with van der Waals surface area (Å²) in [5.41, 5.74) is 16.3. The van der Waals surface area contributed by atoms with E-state index in [2.05, 4.69) is 223 Å². The number of halogens is 4. The zero-order valence-corrected chi connectivity index (χ0v) is 82.7. The molecule has 136 heavy (non-hydrogen) atoms. The third kappa shape index (κ3) is 21.2. The number of hydrogen-bond donors (Lipinski definition) is 7. The second-order valence-electron chi connectivity index (χ2n) is 43.5. The van der Waals surface area contributed by atoms with Crippen molar-refractivity contribution in [2.45, 2.75) is 326 Å². The summed E-state index contributed by atoms with van der Waals surface area (Å²) in [5, 5.41) is 28.1. The number of amides is 5. The van der Waals surface area contributed by atoms with Crippen molar-refractivity contribution in [1.29, 1.82) is 0 Å². The quantitative estimate of drug-likeness (QED) is 0.0311.